The molecule has 0 radical (unpaired) electrons. The standard InChI is InChI=1S/C19H18N4O2/c1-22(2)13-9-7-12(8-10-13)17-11-15(18(24)25)21-19-20-14-5-3-4-6-16(14)23(17)19/h3-11,17H,1-2H3,(H,20,21)(H,24,25)/t17-/m0/s1. The third-order valence-electron chi connectivity index (χ3n) is 4.43. The van der Waals surface area contributed by atoms with Gasteiger partial charge in [0, 0.05) is 19.8 Å². The van der Waals surface area contributed by atoms with Crippen LogP contribution < -0.4 is 10.2 Å². The molecule has 126 valence electrons. The van der Waals surface area contributed by atoms with Crippen LogP contribution in [0.25, 0.3) is 11.0 Å². The monoisotopic (exact) mass is 334 g/mol. The first-order chi connectivity index (χ1) is 12.0. The molecule has 0 spiro atoms. The minimum atomic E-state index is -0.992. The Morgan fingerprint density at radius 1 is 1.16 bits per heavy atom. The highest BCUT2D eigenvalue weighted by molar-refractivity contribution is 5.92. The van der Waals surface area contributed by atoms with Gasteiger partial charge in [-0.1, -0.05) is 24.3 Å². The van der Waals surface area contributed by atoms with Crippen LogP contribution in [0.15, 0.2) is 60.3 Å². The van der Waals surface area contributed by atoms with Gasteiger partial charge < -0.3 is 15.3 Å². The fourth-order valence-corrected chi connectivity index (χ4v) is 3.15. The van der Waals surface area contributed by atoms with E-state index in [1.165, 1.54) is 0 Å². The topological polar surface area (TPSA) is 70.4 Å². The molecule has 1 atom stereocenters. The van der Waals surface area contributed by atoms with Crippen LogP contribution in [-0.4, -0.2) is 34.7 Å². The zero-order valence-electron chi connectivity index (χ0n) is 14.0. The molecule has 2 aromatic carbocycles. The van der Waals surface area contributed by atoms with Gasteiger partial charge in [-0.05, 0) is 35.9 Å². The Bertz CT molecular complexity index is 986. The molecule has 3 aromatic rings. The SMILES string of the molecule is CN(C)c1ccc([C@@H]2C=C(C(=O)O)Nc3nc4ccccc4n32)cc1. The van der Waals surface area contributed by atoms with Crippen molar-refractivity contribution in [3.63, 3.8) is 0 Å². The number of carboxylic acid groups (broad SMARTS) is 1. The van der Waals surface area contributed by atoms with Crippen molar-refractivity contribution in [2.24, 2.45) is 0 Å². The van der Waals surface area contributed by atoms with E-state index in [0.29, 0.717) is 5.95 Å². The maximum absolute atomic E-state index is 11.5. The largest absolute Gasteiger partial charge is 0.477 e. The smallest absolute Gasteiger partial charge is 0.352 e. The summed E-state index contributed by atoms with van der Waals surface area (Å²) in [6.07, 6.45) is 1.73. The highest BCUT2D eigenvalue weighted by atomic mass is 16.4. The molecular formula is C19H18N4O2. The molecule has 1 aliphatic heterocycles. The van der Waals surface area contributed by atoms with Crippen molar-refractivity contribution in [2.45, 2.75) is 6.04 Å². The minimum Gasteiger partial charge on any atom is -0.477 e. The second kappa shape index (κ2) is 5.66. The van der Waals surface area contributed by atoms with Gasteiger partial charge in [-0.2, -0.15) is 0 Å². The molecule has 4 rings (SSSR count). The summed E-state index contributed by atoms with van der Waals surface area (Å²) < 4.78 is 2.03. The van der Waals surface area contributed by atoms with Gasteiger partial charge in [-0.25, -0.2) is 9.78 Å². The predicted octanol–water partition coefficient (Wildman–Crippen LogP) is 3.09. The van der Waals surface area contributed by atoms with Gasteiger partial charge in [-0.15, -0.1) is 0 Å². The van der Waals surface area contributed by atoms with Crippen LogP contribution in [0.4, 0.5) is 11.6 Å². The second-order valence-corrected chi connectivity index (χ2v) is 6.24. The Morgan fingerprint density at radius 2 is 1.88 bits per heavy atom. The van der Waals surface area contributed by atoms with Crippen LogP contribution in [0.2, 0.25) is 0 Å². The van der Waals surface area contributed by atoms with Gasteiger partial charge in [0.25, 0.3) is 0 Å². The fraction of sp³-hybridized carbons (Fsp3) is 0.158. The molecule has 2 N–H and O–H groups in total. The molecule has 25 heavy (non-hydrogen) atoms. The van der Waals surface area contributed by atoms with Crippen molar-refractivity contribution < 1.29 is 9.90 Å². The normalized spacial score (nSPS) is 16.1. The number of benzene rings is 2. The highest BCUT2D eigenvalue weighted by Gasteiger charge is 2.27. The van der Waals surface area contributed by atoms with Crippen LogP contribution in [-0.2, 0) is 4.79 Å². The first-order valence-electron chi connectivity index (χ1n) is 8.01. The van der Waals surface area contributed by atoms with Crippen LogP contribution in [0, 0.1) is 0 Å². The van der Waals surface area contributed by atoms with E-state index in [1.54, 1.807) is 6.08 Å². The molecule has 0 fully saturated rings. The Morgan fingerprint density at radius 3 is 2.56 bits per heavy atom. The van der Waals surface area contributed by atoms with E-state index in [4.69, 9.17) is 0 Å². The number of allylic oxidation sites excluding steroid dienone is 1. The van der Waals surface area contributed by atoms with Crippen molar-refractivity contribution in [1.82, 2.24) is 9.55 Å². The molecule has 0 saturated carbocycles. The van der Waals surface area contributed by atoms with Crippen LogP contribution in [0.1, 0.15) is 11.6 Å². The number of carbonyl (C=O) groups is 1. The molecule has 0 amide bonds. The van der Waals surface area contributed by atoms with Crippen LogP contribution in [0.3, 0.4) is 0 Å². The maximum Gasteiger partial charge on any atom is 0.352 e. The number of imidazole rings is 1. The lowest BCUT2D eigenvalue weighted by Gasteiger charge is -2.25. The second-order valence-electron chi connectivity index (χ2n) is 6.24. The summed E-state index contributed by atoms with van der Waals surface area (Å²) in [4.78, 5) is 18.1. The first-order valence-corrected chi connectivity index (χ1v) is 8.01. The average molecular weight is 334 g/mol. The average Bonchev–Trinajstić information content (AvgIpc) is 2.99. The zero-order chi connectivity index (χ0) is 17.6. The number of aromatic nitrogens is 2. The van der Waals surface area contributed by atoms with Crippen molar-refractivity contribution in [3.05, 3.63) is 65.9 Å². The zero-order valence-corrected chi connectivity index (χ0v) is 14.0. The van der Waals surface area contributed by atoms with E-state index >= 15 is 0 Å². The number of aliphatic carboxylic acids is 1. The lowest BCUT2D eigenvalue weighted by Crippen LogP contribution is -2.23. The summed E-state index contributed by atoms with van der Waals surface area (Å²) in [6.45, 7) is 0. The molecule has 6 nitrogen and oxygen atoms in total. The summed E-state index contributed by atoms with van der Waals surface area (Å²) in [5, 5.41) is 12.4. The summed E-state index contributed by atoms with van der Waals surface area (Å²) in [5.41, 5.74) is 4.04. The summed E-state index contributed by atoms with van der Waals surface area (Å²) >= 11 is 0. The predicted molar refractivity (Wildman–Crippen MR) is 98.0 cm³/mol. The van der Waals surface area contributed by atoms with Crippen molar-refractivity contribution in [1.29, 1.82) is 0 Å². The number of hydrogen-bond donors (Lipinski definition) is 2. The number of hydrogen-bond acceptors (Lipinski definition) is 4. The quantitative estimate of drug-likeness (QED) is 0.770. The van der Waals surface area contributed by atoms with E-state index in [-0.39, 0.29) is 11.7 Å². The molecule has 1 aromatic heterocycles. The fourth-order valence-electron chi connectivity index (χ4n) is 3.15. The van der Waals surface area contributed by atoms with Crippen LogP contribution >= 0.6 is 0 Å². The highest BCUT2D eigenvalue weighted by Crippen LogP contribution is 2.34. The Balaban J connectivity index is 1.89. The number of carboxylic acids is 1. The number of anilines is 2. The number of para-hydroxylation sites is 2. The minimum absolute atomic E-state index is 0.143. The summed E-state index contributed by atoms with van der Waals surface area (Å²) in [7, 11) is 3.98. The summed E-state index contributed by atoms with van der Waals surface area (Å²) in [6, 6.07) is 15.7. The third kappa shape index (κ3) is 2.52. The summed E-state index contributed by atoms with van der Waals surface area (Å²) in [5.74, 6) is -0.448. The number of fused-ring (bicyclic) bond motifs is 3. The van der Waals surface area contributed by atoms with E-state index in [0.717, 1.165) is 22.3 Å². The van der Waals surface area contributed by atoms with Crippen molar-refractivity contribution in [3.8, 4) is 0 Å². The van der Waals surface area contributed by atoms with E-state index < -0.39 is 5.97 Å². The lowest BCUT2D eigenvalue weighted by molar-refractivity contribution is -0.132. The third-order valence-corrected chi connectivity index (χ3v) is 4.43. The Labute approximate surface area is 145 Å². The number of nitrogens with one attached hydrogen (secondary N) is 1. The Kier molecular flexibility index (Phi) is 3.46. The van der Waals surface area contributed by atoms with Gasteiger partial charge in [0.1, 0.15) is 5.70 Å². The lowest BCUT2D eigenvalue weighted by atomic mass is 10.0. The molecule has 6 heteroatoms. The Hall–Kier alpha value is -3.28. The van der Waals surface area contributed by atoms with E-state index in [1.807, 2.05) is 72.1 Å². The molecule has 1 aliphatic rings. The van der Waals surface area contributed by atoms with Gasteiger partial charge in [-0.3, -0.25) is 4.57 Å². The molecule has 0 aliphatic carbocycles. The van der Waals surface area contributed by atoms with Gasteiger partial charge >= 0.3 is 5.97 Å². The van der Waals surface area contributed by atoms with Crippen molar-refractivity contribution >= 4 is 28.6 Å². The first kappa shape index (κ1) is 15.3. The van der Waals surface area contributed by atoms with E-state index in [2.05, 4.69) is 10.3 Å². The van der Waals surface area contributed by atoms with Gasteiger partial charge in [0.2, 0.25) is 5.95 Å². The van der Waals surface area contributed by atoms with Gasteiger partial charge in [0.05, 0.1) is 17.1 Å². The maximum atomic E-state index is 11.5. The van der Waals surface area contributed by atoms with Crippen LogP contribution in [0.5, 0.6) is 0 Å². The molecule has 0 unspecified atom stereocenters. The number of rotatable bonds is 3. The molecule has 0 saturated heterocycles. The number of nitrogens with zero attached hydrogens (tertiary/aromatic N) is 3. The molecule has 0 bridgehead atoms. The van der Waals surface area contributed by atoms with Gasteiger partial charge in [0.15, 0.2) is 0 Å². The molecule has 2 heterocycles. The van der Waals surface area contributed by atoms with Crippen molar-refractivity contribution in [2.75, 3.05) is 24.3 Å². The molecular weight excluding hydrogens is 316 g/mol. The van der Waals surface area contributed by atoms with E-state index in [9.17, 15) is 9.90 Å².